The van der Waals surface area contributed by atoms with Gasteiger partial charge < -0.3 is 10.1 Å². The molecule has 2 heterocycles. The summed E-state index contributed by atoms with van der Waals surface area (Å²) in [5.41, 5.74) is 1.36. The molecule has 0 bridgehead atoms. The number of carbonyl (C=O) groups is 3. The number of anilines is 1. The van der Waals surface area contributed by atoms with Crippen molar-refractivity contribution in [3.63, 3.8) is 0 Å². The minimum atomic E-state index is -0.727. The Balaban J connectivity index is 2.02. The van der Waals surface area contributed by atoms with E-state index in [4.69, 9.17) is 0 Å². The number of benzene rings is 1. The zero-order valence-corrected chi connectivity index (χ0v) is 23.2. The Bertz CT molecular complexity index is 1280. The molecule has 178 valence electrons. The molecule has 34 heavy (non-hydrogen) atoms. The van der Waals surface area contributed by atoms with Gasteiger partial charge in [0.1, 0.15) is 10.3 Å². The van der Waals surface area contributed by atoms with E-state index >= 15 is 0 Å². The van der Waals surface area contributed by atoms with Crippen LogP contribution in [0.2, 0.25) is 0 Å². The van der Waals surface area contributed by atoms with Crippen LogP contribution in [0.4, 0.5) is 10.5 Å². The predicted molar refractivity (Wildman–Crippen MR) is 136 cm³/mol. The minimum Gasteiger partial charge on any atom is -0.452 e. The van der Waals surface area contributed by atoms with Gasteiger partial charge in [-0.05, 0) is 62.5 Å². The number of hydrazine groups is 1. The summed E-state index contributed by atoms with van der Waals surface area (Å²) >= 11 is 10.1. The van der Waals surface area contributed by atoms with Crippen LogP contribution in [-0.4, -0.2) is 63.9 Å². The van der Waals surface area contributed by atoms with Crippen LogP contribution in [-0.2, 0) is 4.74 Å². The van der Waals surface area contributed by atoms with Crippen molar-refractivity contribution in [3.05, 3.63) is 66.9 Å². The van der Waals surface area contributed by atoms with Crippen molar-refractivity contribution in [2.45, 2.75) is 6.92 Å². The number of ether oxygens (including phenoxy) is 1. The molecule has 3 rings (SSSR count). The quantitative estimate of drug-likeness (QED) is 0.404. The smallest absolute Gasteiger partial charge is 0.428 e. The highest BCUT2D eigenvalue weighted by Crippen LogP contribution is 2.32. The summed E-state index contributed by atoms with van der Waals surface area (Å²) < 4.78 is 7.57. The largest absolute Gasteiger partial charge is 0.452 e. The number of hydrogen-bond acceptors (Lipinski definition) is 6. The lowest BCUT2D eigenvalue weighted by Gasteiger charge is -2.27. The topological polar surface area (TPSA) is 110 Å². The number of nitrogens with zero attached hydrogens (tertiary/aromatic N) is 5. The highest BCUT2D eigenvalue weighted by atomic mass is 79.9. The summed E-state index contributed by atoms with van der Waals surface area (Å²) in [5, 5.41) is 9.21. The number of hydrogen-bond donors (Lipinski definition) is 1. The van der Waals surface area contributed by atoms with Gasteiger partial charge in [-0.15, -0.1) is 0 Å². The molecule has 0 radical (unpaired) electrons. The summed E-state index contributed by atoms with van der Waals surface area (Å²) in [6, 6.07) is 8.42. The van der Waals surface area contributed by atoms with Crippen molar-refractivity contribution >= 4 is 71.4 Å². The van der Waals surface area contributed by atoms with Crippen LogP contribution in [0.25, 0.3) is 5.82 Å². The lowest BCUT2D eigenvalue weighted by atomic mass is 10.1. The first kappa shape index (κ1) is 25.8. The molecule has 2 aromatic heterocycles. The maximum atomic E-state index is 13.3. The molecule has 0 aliphatic heterocycles. The summed E-state index contributed by atoms with van der Waals surface area (Å²) in [4.78, 5) is 42.8. The lowest BCUT2D eigenvalue weighted by molar-refractivity contribution is 0.0193. The molecular formula is C21H19Br3N6O4. The van der Waals surface area contributed by atoms with Gasteiger partial charge in [0.15, 0.2) is 5.82 Å². The Hall–Kier alpha value is -2.77. The number of aromatic nitrogens is 3. The molecule has 0 fully saturated rings. The summed E-state index contributed by atoms with van der Waals surface area (Å²) in [5.74, 6) is -0.589. The number of amides is 3. The second-order valence-corrected chi connectivity index (χ2v) is 9.58. The second-order valence-electron chi connectivity index (χ2n) is 6.99. The number of methoxy groups -OCH3 is 1. The third kappa shape index (κ3) is 5.31. The van der Waals surface area contributed by atoms with Gasteiger partial charge in [-0.1, -0.05) is 22.0 Å². The van der Waals surface area contributed by atoms with Crippen molar-refractivity contribution in [1.29, 1.82) is 0 Å². The van der Waals surface area contributed by atoms with Crippen LogP contribution in [0.15, 0.2) is 50.1 Å². The molecule has 0 unspecified atom stereocenters. The molecule has 0 atom stereocenters. The minimum absolute atomic E-state index is 0.131. The molecule has 0 spiro atoms. The van der Waals surface area contributed by atoms with Crippen molar-refractivity contribution in [3.8, 4) is 5.82 Å². The lowest BCUT2D eigenvalue weighted by Crippen LogP contribution is -2.45. The van der Waals surface area contributed by atoms with Gasteiger partial charge in [0.25, 0.3) is 11.8 Å². The van der Waals surface area contributed by atoms with Crippen LogP contribution in [0.1, 0.15) is 26.4 Å². The van der Waals surface area contributed by atoms with Crippen molar-refractivity contribution in [2.24, 2.45) is 0 Å². The molecule has 0 aliphatic carbocycles. The molecular weight excluding hydrogens is 640 g/mol. The van der Waals surface area contributed by atoms with Crippen LogP contribution in [0, 0.1) is 6.92 Å². The van der Waals surface area contributed by atoms with E-state index in [2.05, 4.69) is 67.9 Å². The maximum Gasteiger partial charge on any atom is 0.428 e. The van der Waals surface area contributed by atoms with E-state index in [0.717, 1.165) is 15.6 Å². The molecule has 1 N–H and O–H groups in total. The summed E-state index contributed by atoms with van der Waals surface area (Å²) in [6.45, 7) is 1.86. The van der Waals surface area contributed by atoms with E-state index in [-0.39, 0.29) is 16.9 Å². The summed E-state index contributed by atoms with van der Waals surface area (Å²) in [7, 11) is 4.01. The number of carbonyl (C=O) groups excluding carboxylic acids is 3. The highest BCUT2D eigenvalue weighted by Gasteiger charge is 2.27. The highest BCUT2D eigenvalue weighted by molar-refractivity contribution is 9.11. The maximum absolute atomic E-state index is 13.3. The first-order valence-electron chi connectivity index (χ1n) is 9.62. The van der Waals surface area contributed by atoms with E-state index < -0.39 is 17.9 Å². The first-order chi connectivity index (χ1) is 16.0. The monoisotopic (exact) mass is 656 g/mol. The van der Waals surface area contributed by atoms with Crippen LogP contribution >= 0.6 is 47.8 Å². The Labute approximate surface area is 220 Å². The van der Waals surface area contributed by atoms with Gasteiger partial charge in [0, 0.05) is 35.3 Å². The zero-order chi connectivity index (χ0) is 25.2. The third-order valence-electron chi connectivity index (χ3n) is 4.80. The molecule has 0 aliphatic rings. The molecule has 0 saturated heterocycles. The first-order valence-corrected chi connectivity index (χ1v) is 12.0. The van der Waals surface area contributed by atoms with Gasteiger partial charge in [0.2, 0.25) is 0 Å². The Morgan fingerprint density at radius 1 is 1.09 bits per heavy atom. The van der Waals surface area contributed by atoms with Gasteiger partial charge in [0.05, 0.1) is 18.4 Å². The predicted octanol–water partition coefficient (Wildman–Crippen LogP) is 4.80. The van der Waals surface area contributed by atoms with E-state index in [0.29, 0.717) is 19.4 Å². The molecule has 1 aromatic carbocycles. The van der Waals surface area contributed by atoms with Gasteiger partial charge in [-0.2, -0.15) is 5.10 Å². The molecule has 3 aromatic rings. The molecule has 3 amide bonds. The SMILES string of the molecule is COC(=O)N(C)N(C)C(=O)c1cc(Br)cc(Br)c1NC(=O)c1cc(Br)nn1-c1ncccc1C. The van der Waals surface area contributed by atoms with E-state index in [1.54, 1.807) is 30.5 Å². The summed E-state index contributed by atoms with van der Waals surface area (Å²) in [6.07, 6.45) is 0.880. The fourth-order valence-electron chi connectivity index (χ4n) is 2.99. The average molecular weight is 659 g/mol. The molecule has 13 heteroatoms. The zero-order valence-electron chi connectivity index (χ0n) is 18.5. The Morgan fingerprint density at radius 3 is 2.44 bits per heavy atom. The third-order valence-corrected chi connectivity index (χ3v) is 6.27. The van der Waals surface area contributed by atoms with E-state index in [1.807, 2.05) is 13.0 Å². The average Bonchev–Trinajstić information content (AvgIpc) is 3.20. The number of rotatable bonds is 4. The van der Waals surface area contributed by atoms with Gasteiger partial charge >= 0.3 is 6.09 Å². The van der Waals surface area contributed by atoms with Gasteiger partial charge in [-0.3, -0.25) is 9.59 Å². The number of aryl methyl sites for hydroxylation is 1. The van der Waals surface area contributed by atoms with Crippen molar-refractivity contribution < 1.29 is 19.1 Å². The van der Waals surface area contributed by atoms with E-state index in [1.165, 1.54) is 25.9 Å². The standard InChI is InChI=1S/C21H19Br3N6O4/c1-11-6-5-7-25-18(11)30-15(10-16(24)27-30)19(31)26-17-13(8-12(22)9-14(17)23)20(32)28(2)29(3)21(33)34-4/h5-10H,1-4H3,(H,26,31). The Kier molecular flexibility index (Phi) is 8.10. The van der Waals surface area contributed by atoms with E-state index in [9.17, 15) is 14.4 Å². The molecule has 0 saturated carbocycles. The van der Waals surface area contributed by atoms with Crippen molar-refractivity contribution in [1.82, 2.24) is 24.8 Å². The van der Waals surface area contributed by atoms with Crippen LogP contribution < -0.4 is 5.32 Å². The normalized spacial score (nSPS) is 10.6. The number of pyridine rings is 1. The molecule has 10 nitrogen and oxygen atoms in total. The Morgan fingerprint density at radius 2 is 1.79 bits per heavy atom. The van der Waals surface area contributed by atoms with Crippen LogP contribution in [0.3, 0.4) is 0 Å². The van der Waals surface area contributed by atoms with Crippen LogP contribution in [0.5, 0.6) is 0 Å². The fraction of sp³-hybridized carbons (Fsp3) is 0.190. The second kappa shape index (κ2) is 10.7. The van der Waals surface area contributed by atoms with Gasteiger partial charge in [-0.25, -0.2) is 24.5 Å². The fourth-order valence-corrected chi connectivity index (χ4v) is 4.69. The number of halogens is 3. The van der Waals surface area contributed by atoms with Crippen molar-refractivity contribution in [2.75, 3.05) is 26.5 Å². The number of nitrogens with one attached hydrogen (secondary N) is 1.